The van der Waals surface area contributed by atoms with Crippen molar-refractivity contribution in [3.8, 4) is 0 Å². The molecule has 1 fully saturated rings. The summed E-state index contributed by atoms with van der Waals surface area (Å²) in [7, 11) is 0. The first-order valence-corrected chi connectivity index (χ1v) is 5.61. The van der Waals surface area contributed by atoms with Crippen molar-refractivity contribution in [2.24, 2.45) is 0 Å². The van der Waals surface area contributed by atoms with Gasteiger partial charge >= 0.3 is 6.09 Å². The minimum absolute atomic E-state index is 0.116. The largest absolute Gasteiger partial charge is 0.431 e. The third-order valence-corrected chi connectivity index (χ3v) is 2.41. The smallest absolute Gasteiger partial charge is 0.409 e. The summed E-state index contributed by atoms with van der Waals surface area (Å²) in [6, 6.07) is 0. The molecule has 0 radical (unpaired) electrons. The second-order valence-corrected chi connectivity index (χ2v) is 5.12. The minimum atomic E-state index is -0.332. The second-order valence-electron chi connectivity index (χ2n) is 5.12. The molecule has 0 aromatic carbocycles. The number of hydrogen-bond donors (Lipinski definition) is 1. The summed E-state index contributed by atoms with van der Waals surface area (Å²) < 4.78 is 5.29. The fourth-order valence-corrected chi connectivity index (χ4v) is 1.67. The Balaban J connectivity index is 2.30. The lowest BCUT2D eigenvalue weighted by molar-refractivity contribution is 0.00936. The predicted octanol–water partition coefficient (Wildman–Crippen LogP) is 1.95. The van der Waals surface area contributed by atoms with Crippen LogP contribution in [0.25, 0.3) is 0 Å². The van der Waals surface area contributed by atoms with Crippen molar-refractivity contribution >= 4 is 6.09 Å². The zero-order valence-electron chi connectivity index (χ0n) is 10.2. The first-order valence-electron chi connectivity index (χ1n) is 5.61. The molecule has 0 aromatic rings. The van der Waals surface area contributed by atoms with Gasteiger partial charge in [-0.05, 0) is 40.5 Å². The molecule has 0 spiro atoms. The number of nitrogens with zero attached hydrogens (tertiary/aromatic N) is 1. The lowest BCUT2D eigenvalue weighted by atomic mass is 10.1. The van der Waals surface area contributed by atoms with E-state index in [4.69, 9.17) is 4.74 Å². The van der Waals surface area contributed by atoms with Gasteiger partial charge in [-0.1, -0.05) is 0 Å². The molecular formula is C11H22N2O2. The number of likely N-dealkylation sites (tertiary alicyclic amines) is 1. The van der Waals surface area contributed by atoms with Gasteiger partial charge in [-0.15, -0.1) is 0 Å². The van der Waals surface area contributed by atoms with Crippen LogP contribution in [-0.4, -0.2) is 35.8 Å². The second kappa shape index (κ2) is 4.84. The molecule has 1 atom stereocenters. The molecule has 1 aliphatic rings. The molecule has 1 rings (SSSR count). The van der Waals surface area contributed by atoms with Crippen molar-refractivity contribution in [2.45, 2.75) is 52.3 Å². The number of carbonyl (C=O) groups is 1. The van der Waals surface area contributed by atoms with E-state index in [2.05, 4.69) is 10.2 Å². The Labute approximate surface area is 92.0 Å². The van der Waals surface area contributed by atoms with E-state index < -0.39 is 0 Å². The van der Waals surface area contributed by atoms with Gasteiger partial charge in [-0.2, -0.15) is 0 Å². The minimum Gasteiger partial charge on any atom is -0.431 e. The summed E-state index contributed by atoms with van der Waals surface area (Å²) >= 11 is 0. The molecule has 15 heavy (non-hydrogen) atoms. The Kier molecular flexibility index (Phi) is 3.97. The van der Waals surface area contributed by atoms with Crippen LogP contribution in [0.5, 0.6) is 0 Å². The molecule has 88 valence electrons. The van der Waals surface area contributed by atoms with Crippen LogP contribution in [0.3, 0.4) is 0 Å². The average molecular weight is 214 g/mol. The molecule has 1 unspecified atom stereocenters. The van der Waals surface area contributed by atoms with Crippen molar-refractivity contribution in [1.82, 2.24) is 10.2 Å². The van der Waals surface area contributed by atoms with Crippen molar-refractivity contribution < 1.29 is 9.53 Å². The number of carbonyl (C=O) groups excluding carboxylic acids is 1. The molecule has 0 bridgehead atoms. The molecular weight excluding hydrogens is 192 g/mol. The topological polar surface area (TPSA) is 41.6 Å². The Bertz CT molecular complexity index is 217. The molecule has 4 nitrogen and oxygen atoms in total. The van der Waals surface area contributed by atoms with Gasteiger partial charge in [0.2, 0.25) is 0 Å². The molecule has 1 heterocycles. The summed E-state index contributed by atoms with van der Waals surface area (Å²) in [5.41, 5.74) is -0.234. The van der Waals surface area contributed by atoms with E-state index in [1.807, 2.05) is 27.7 Å². The van der Waals surface area contributed by atoms with Gasteiger partial charge in [0, 0.05) is 18.6 Å². The molecule has 0 aromatic heterocycles. The van der Waals surface area contributed by atoms with Crippen molar-refractivity contribution in [3.05, 3.63) is 0 Å². The van der Waals surface area contributed by atoms with Crippen molar-refractivity contribution in [2.75, 3.05) is 13.1 Å². The van der Waals surface area contributed by atoms with Crippen molar-refractivity contribution in [1.29, 1.82) is 0 Å². The van der Waals surface area contributed by atoms with Gasteiger partial charge in [0.1, 0.15) is 0 Å². The fraction of sp³-hybridized carbons (Fsp3) is 0.909. The van der Waals surface area contributed by atoms with E-state index in [0.717, 1.165) is 13.1 Å². The highest BCUT2D eigenvalue weighted by Gasteiger charge is 2.22. The van der Waals surface area contributed by atoms with Crippen LogP contribution < -0.4 is 5.32 Å². The maximum Gasteiger partial charge on any atom is 0.409 e. The normalized spacial score (nSPS) is 20.0. The molecule has 4 heteroatoms. The number of rotatable bonds is 2. The fourth-order valence-electron chi connectivity index (χ4n) is 1.67. The van der Waals surface area contributed by atoms with E-state index in [-0.39, 0.29) is 17.9 Å². The Morgan fingerprint density at radius 1 is 1.33 bits per heavy atom. The third kappa shape index (κ3) is 4.51. The van der Waals surface area contributed by atoms with E-state index in [9.17, 15) is 4.79 Å². The maximum absolute atomic E-state index is 11.5. The number of hydrogen-bond acceptors (Lipinski definition) is 3. The molecule has 1 aliphatic heterocycles. The third-order valence-electron chi connectivity index (χ3n) is 2.41. The van der Waals surface area contributed by atoms with Gasteiger partial charge < -0.3 is 10.1 Å². The van der Waals surface area contributed by atoms with E-state index in [0.29, 0.717) is 0 Å². The van der Waals surface area contributed by atoms with Gasteiger partial charge in [-0.3, -0.25) is 4.90 Å². The Morgan fingerprint density at radius 3 is 2.33 bits per heavy atom. The van der Waals surface area contributed by atoms with Crippen LogP contribution in [0.2, 0.25) is 0 Å². The SMILES string of the molecule is CC(OC(=O)NC(C)(C)C)N1CCCC1. The summed E-state index contributed by atoms with van der Waals surface area (Å²) in [6.07, 6.45) is 1.96. The number of alkyl carbamates (subject to hydrolysis) is 1. The number of amides is 1. The molecule has 0 saturated carbocycles. The highest BCUT2D eigenvalue weighted by atomic mass is 16.6. The first-order chi connectivity index (χ1) is 6.88. The standard InChI is InChI=1S/C11H22N2O2/c1-9(13-7-5-6-8-13)15-10(14)12-11(2,3)4/h9H,5-8H2,1-4H3,(H,12,14). The first kappa shape index (κ1) is 12.3. The van der Waals surface area contributed by atoms with Gasteiger partial charge in [-0.25, -0.2) is 4.79 Å². The maximum atomic E-state index is 11.5. The van der Waals surface area contributed by atoms with E-state index >= 15 is 0 Å². The van der Waals surface area contributed by atoms with Crippen LogP contribution in [0.1, 0.15) is 40.5 Å². The van der Waals surface area contributed by atoms with Crippen LogP contribution >= 0.6 is 0 Å². The molecule has 1 N–H and O–H groups in total. The summed E-state index contributed by atoms with van der Waals surface area (Å²) in [5, 5.41) is 2.79. The van der Waals surface area contributed by atoms with E-state index in [1.165, 1.54) is 12.8 Å². The number of nitrogens with one attached hydrogen (secondary N) is 1. The molecule has 1 amide bonds. The highest BCUT2D eigenvalue weighted by Crippen LogP contribution is 2.12. The monoisotopic (exact) mass is 214 g/mol. The zero-order chi connectivity index (χ0) is 11.5. The predicted molar refractivity (Wildman–Crippen MR) is 59.6 cm³/mol. The average Bonchev–Trinajstić information content (AvgIpc) is 2.50. The number of ether oxygens (including phenoxy) is 1. The van der Waals surface area contributed by atoms with Crippen LogP contribution in [0.15, 0.2) is 0 Å². The van der Waals surface area contributed by atoms with Gasteiger partial charge in [0.15, 0.2) is 6.23 Å². The Morgan fingerprint density at radius 2 is 1.87 bits per heavy atom. The van der Waals surface area contributed by atoms with Crippen LogP contribution in [0, 0.1) is 0 Å². The quantitative estimate of drug-likeness (QED) is 0.764. The van der Waals surface area contributed by atoms with Gasteiger partial charge in [0.05, 0.1) is 0 Å². The summed E-state index contributed by atoms with van der Waals surface area (Å²) in [5.74, 6) is 0. The Hall–Kier alpha value is -0.770. The lowest BCUT2D eigenvalue weighted by Gasteiger charge is -2.26. The van der Waals surface area contributed by atoms with Crippen LogP contribution in [-0.2, 0) is 4.74 Å². The lowest BCUT2D eigenvalue weighted by Crippen LogP contribution is -2.44. The molecule has 0 aliphatic carbocycles. The van der Waals surface area contributed by atoms with E-state index in [1.54, 1.807) is 0 Å². The van der Waals surface area contributed by atoms with Crippen molar-refractivity contribution in [3.63, 3.8) is 0 Å². The summed E-state index contributed by atoms with van der Waals surface area (Å²) in [6.45, 7) is 9.81. The summed E-state index contributed by atoms with van der Waals surface area (Å²) in [4.78, 5) is 13.6. The zero-order valence-corrected chi connectivity index (χ0v) is 10.2. The highest BCUT2D eigenvalue weighted by molar-refractivity contribution is 5.68. The molecule has 1 saturated heterocycles. The van der Waals surface area contributed by atoms with Gasteiger partial charge in [0.25, 0.3) is 0 Å². The van der Waals surface area contributed by atoms with Crippen LogP contribution in [0.4, 0.5) is 4.79 Å².